The molecule has 5 rings (SSSR count). The fourth-order valence-electron chi connectivity index (χ4n) is 4.38. The number of fused-ring (bicyclic) bond motifs is 1. The minimum absolute atomic E-state index is 0.0324. The lowest BCUT2D eigenvalue weighted by molar-refractivity contribution is -0.195. The predicted molar refractivity (Wildman–Crippen MR) is 120 cm³/mol. The Morgan fingerprint density at radius 1 is 1.18 bits per heavy atom. The summed E-state index contributed by atoms with van der Waals surface area (Å²) < 4.78 is 29.4. The number of nitrogen functional groups attached to an aromatic ring is 1. The summed E-state index contributed by atoms with van der Waals surface area (Å²) in [7, 11) is 2.07. The number of likely N-dealkylation sites (tertiary alicyclic amines) is 1. The molecule has 2 saturated heterocycles. The van der Waals surface area contributed by atoms with E-state index in [9.17, 15) is 13.6 Å². The molecule has 180 valence electrons. The van der Waals surface area contributed by atoms with E-state index in [1.165, 1.54) is 6.20 Å². The van der Waals surface area contributed by atoms with Crippen LogP contribution in [0.4, 0.5) is 26.0 Å². The number of carbonyl (C=O) groups is 1. The standard InChI is InChI=1S/C21H25F2N9O2/c1-29-3-2-14(12-29)34-31-6-4-30(5-7-31)18-15(23)9-25-10-16(18)27-21(33)17-19(24)28-32-11-13(22)8-26-20(17)32/h8-11,14H,2-7,12H2,1H3,(H2,24,28)(H,27,33)/t14-/m1/s1. The fourth-order valence-corrected chi connectivity index (χ4v) is 4.38. The summed E-state index contributed by atoms with van der Waals surface area (Å²) in [5.41, 5.74) is 6.36. The summed E-state index contributed by atoms with van der Waals surface area (Å²) in [6.45, 7) is 4.09. The average Bonchev–Trinajstić information content (AvgIpc) is 3.35. The second-order valence-corrected chi connectivity index (χ2v) is 8.47. The number of nitrogens with zero attached hydrogens (tertiary/aromatic N) is 7. The highest BCUT2D eigenvalue weighted by atomic mass is 19.1. The van der Waals surface area contributed by atoms with Gasteiger partial charge in [0.05, 0.1) is 36.6 Å². The Morgan fingerprint density at radius 3 is 2.71 bits per heavy atom. The van der Waals surface area contributed by atoms with Gasteiger partial charge in [-0.15, -0.1) is 5.10 Å². The van der Waals surface area contributed by atoms with Crippen LogP contribution in [-0.4, -0.2) is 87.9 Å². The topological polar surface area (TPSA) is 117 Å². The third-order valence-electron chi connectivity index (χ3n) is 6.02. The number of anilines is 3. The molecule has 1 atom stereocenters. The molecule has 0 unspecified atom stereocenters. The van der Waals surface area contributed by atoms with Gasteiger partial charge in [0.1, 0.15) is 11.3 Å². The highest BCUT2D eigenvalue weighted by Crippen LogP contribution is 2.30. The number of aromatic nitrogens is 4. The maximum atomic E-state index is 14.9. The monoisotopic (exact) mass is 473 g/mol. The van der Waals surface area contributed by atoms with E-state index < -0.39 is 17.5 Å². The lowest BCUT2D eigenvalue weighted by Gasteiger charge is -2.37. The van der Waals surface area contributed by atoms with Crippen molar-refractivity contribution in [1.29, 1.82) is 0 Å². The Labute approximate surface area is 194 Å². The first-order chi connectivity index (χ1) is 16.4. The first kappa shape index (κ1) is 22.4. The molecule has 5 heterocycles. The van der Waals surface area contributed by atoms with Crippen LogP contribution in [-0.2, 0) is 4.84 Å². The molecular weight excluding hydrogens is 448 g/mol. The lowest BCUT2D eigenvalue weighted by atomic mass is 10.2. The highest BCUT2D eigenvalue weighted by Gasteiger charge is 2.28. The van der Waals surface area contributed by atoms with Crippen LogP contribution in [0.2, 0.25) is 0 Å². The second-order valence-electron chi connectivity index (χ2n) is 8.47. The van der Waals surface area contributed by atoms with Crippen molar-refractivity contribution in [2.75, 3.05) is 62.3 Å². The van der Waals surface area contributed by atoms with Crippen LogP contribution < -0.4 is 16.0 Å². The van der Waals surface area contributed by atoms with E-state index in [-0.39, 0.29) is 34.5 Å². The van der Waals surface area contributed by atoms with Crippen molar-refractivity contribution in [3.8, 4) is 0 Å². The van der Waals surface area contributed by atoms with E-state index in [0.29, 0.717) is 26.2 Å². The van der Waals surface area contributed by atoms with E-state index in [2.05, 4.69) is 32.3 Å². The number of nitrogens with one attached hydrogen (secondary N) is 1. The fraction of sp³-hybridized carbons (Fsp3) is 0.429. The van der Waals surface area contributed by atoms with Gasteiger partial charge in [-0.2, -0.15) is 5.06 Å². The Morgan fingerprint density at radius 2 is 1.97 bits per heavy atom. The molecule has 2 fully saturated rings. The molecule has 1 amide bonds. The van der Waals surface area contributed by atoms with Gasteiger partial charge in [0.15, 0.2) is 23.1 Å². The average molecular weight is 473 g/mol. The molecule has 0 saturated carbocycles. The summed E-state index contributed by atoms with van der Waals surface area (Å²) in [5, 5.41) is 8.52. The van der Waals surface area contributed by atoms with Gasteiger partial charge in [0, 0.05) is 39.3 Å². The number of likely N-dealkylation sites (N-methyl/N-ethyl adjacent to an activating group) is 1. The zero-order valence-corrected chi connectivity index (χ0v) is 18.6. The van der Waals surface area contributed by atoms with Crippen molar-refractivity contribution in [3.63, 3.8) is 0 Å². The van der Waals surface area contributed by atoms with E-state index in [0.717, 1.165) is 42.6 Å². The van der Waals surface area contributed by atoms with Gasteiger partial charge < -0.3 is 20.9 Å². The van der Waals surface area contributed by atoms with Crippen LogP contribution in [0, 0.1) is 11.6 Å². The van der Waals surface area contributed by atoms with Crippen molar-refractivity contribution in [3.05, 3.63) is 42.0 Å². The Hall–Kier alpha value is -3.42. The molecule has 0 radical (unpaired) electrons. The summed E-state index contributed by atoms with van der Waals surface area (Å²) >= 11 is 0. The first-order valence-electron chi connectivity index (χ1n) is 11.0. The van der Waals surface area contributed by atoms with Crippen molar-refractivity contribution in [1.82, 2.24) is 29.5 Å². The number of piperazine rings is 1. The van der Waals surface area contributed by atoms with Gasteiger partial charge in [-0.25, -0.2) is 18.3 Å². The molecule has 11 nitrogen and oxygen atoms in total. The third kappa shape index (κ3) is 4.36. The summed E-state index contributed by atoms with van der Waals surface area (Å²) in [6, 6.07) is 0. The SMILES string of the molecule is CN1CC[C@@H](ON2CCN(c3c(F)cncc3NC(=O)c3c(N)nn4cc(F)cnc34)CC2)C1. The second kappa shape index (κ2) is 9.08. The van der Waals surface area contributed by atoms with Crippen LogP contribution in [0.25, 0.3) is 5.65 Å². The number of halogens is 2. The number of hydroxylamine groups is 2. The molecule has 0 spiro atoms. The first-order valence-corrected chi connectivity index (χ1v) is 11.0. The molecule has 0 bridgehead atoms. The summed E-state index contributed by atoms with van der Waals surface area (Å²) in [6.07, 6.45) is 5.67. The van der Waals surface area contributed by atoms with Gasteiger partial charge in [0.2, 0.25) is 0 Å². The van der Waals surface area contributed by atoms with Crippen LogP contribution >= 0.6 is 0 Å². The number of hydrogen-bond donors (Lipinski definition) is 2. The predicted octanol–water partition coefficient (Wildman–Crippen LogP) is 0.995. The van der Waals surface area contributed by atoms with Gasteiger partial charge >= 0.3 is 0 Å². The minimum atomic E-state index is -0.646. The Balaban J connectivity index is 1.32. The number of nitrogens with two attached hydrogens (primary N) is 1. The van der Waals surface area contributed by atoms with E-state index >= 15 is 0 Å². The van der Waals surface area contributed by atoms with Crippen LogP contribution in [0.1, 0.15) is 16.8 Å². The molecule has 2 aliphatic rings. The molecule has 0 aromatic carbocycles. The molecule has 2 aliphatic heterocycles. The maximum absolute atomic E-state index is 14.9. The highest BCUT2D eigenvalue weighted by molar-refractivity contribution is 6.12. The van der Waals surface area contributed by atoms with E-state index in [1.54, 1.807) is 0 Å². The quantitative estimate of drug-likeness (QED) is 0.560. The number of rotatable bonds is 5. The number of hydrogen-bond acceptors (Lipinski definition) is 9. The van der Waals surface area contributed by atoms with E-state index in [1.807, 2.05) is 9.96 Å². The van der Waals surface area contributed by atoms with E-state index in [4.69, 9.17) is 10.6 Å². The van der Waals surface area contributed by atoms with Crippen LogP contribution in [0.5, 0.6) is 0 Å². The molecular formula is C21H25F2N9O2. The van der Waals surface area contributed by atoms with Gasteiger partial charge in [-0.3, -0.25) is 14.6 Å². The van der Waals surface area contributed by atoms with Gasteiger partial charge in [-0.1, -0.05) is 0 Å². The van der Waals surface area contributed by atoms with Crippen molar-refractivity contribution in [2.45, 2.75) is 12.5 Å². The lowest BCUT2D eigenvalue weighted by Crippen LogP contribution is -2.48. The Kier molecular flexibility index (Phi) is 5.98. The Bertz CT molecular complexity index is 1210. The van der Waals surface area contributed by atoms with Gasteiger partial charge in [-0.05, 0) is 13.5 Å². The van der Waals surface area contributed by atoms with Crippen LogP contribution in [0.15, 0.2) is 24.8 Å². The molecule has 34 heavy (non-hydrogen) atoms. The molecule has 3 aromatic heterocycles. The summed E-state index contributed by atoms with van der Waals surface area (Å²) in [4.78, 5) is 31.0. The number of amides is 1. The van der Waals surface area contributed by atoms with Crippen LogP contribution in [0.3, 0.4) is 0 Å². The number of pyridine rings is 1. The number of carbonyl (C=O) groups excluding carboxylic acids is 1. The molecule has 13 heteroatoms. The minimum Gasteiger partial charge on any atom is -0.381 e. The normalized spacial score (nSPS) is 19.7. The third-order valence-corrected chi connectivity index (χ3v) is 6.02. The summed E-state index contributed by atoms with van der Waals surface area (Å²) in [5.74, 6) is -1.95. The van der Waals surface area contributed by atoms with Gasteiger partial charge in [0.25, 0.3) is 5.91 Å². The van der Waals surface area contributed by atoms with Crippen molar-refractivity contribution >= 4 is 28.7 Å². The largest absolute Gasteiger partial charge is 0.381 e. The smallest absolute Gasteiger partial charge is 0.263 e. The zero-order valence-electron chi connectivity index (χ0n) is 18.6. The zero-order chi connectivity index (χ0) is 23.8. The molecule has 3 aromatic rings. The molecule has 3 N–H and O–H groups in total. The van der Waals surface area contributed by atoms with Crippen molar-refractivity contribution < 1.29 is 18.4 Å². The van der Waals surface area contributed by atoms with Crippen molar-refractivity contribution in [2.24, 2.45) is 0 Å². The molecule has 0 aliphatic carbocycles. The maximum Gasteiger partial charge on any atom is 0.263 e.